The second kappa shape index (κ2) is 7.10. The van der Waals surface area contributed by atoms with E-state index >= 15 is 0 Å². The molecule has 0 aromatic rings. The molecule has 0 aliphatic rings. The maximum Gasteiger partial charge on any atom is 0.323 e. The van der Waals surface area contributed by atoms with Crippen molar-refractivity contribution in [1.82, 2.24) is 0 Å². The van der Waals surface area contributed by atoms with E-state index in [2.05, 4.69) is 6.92 Å². The van der Waals surface area contributed by atoms with Crippen LogP contribution in [0.3, 0.4) is 0 Å². The third-order valence-electron chi connectivity index (χ3n) is 1.72. The van der Waals surface area contributed by atoms with Crippen LogP contribution in [0.15, 0.2) is 0 Å². The zero-order valence-corrected chi connectivity index (χ0v) is 9.38. The number of hydrogen-bond acceptors (Lipinski definition) is 2. The van der Waals surface area contributed by atoms with Crippen LogP contribution >= 0.6 is 11.6 Å². The van der Waals surface area contributed by atoms with Crippen LogP contribution in [0.1, 0.15) is 19.8 Å². The Morgan fingerprint density at radius 1 is 1.36 bits per heavy atom. The van der Waals surface area contributed by atoms with E-state index in [0.717, 1.165) is 18.7 Å². The Kier molecular flexibility index (Phi) is 7.37. The minimum Gasteiger partial charge on any atom is -0.400 e. The van der Waals surface area contributed by atoms with Crippen LogP contribution in [0.25, 0.3) is 0 Å². The summed E-state index contributed by atoms with van der Waals surface area (Å²) < 4.78 is 10.5. The third kappa shape index (κ3) is 4.79. The Labute approximate surface area is 75.7 Å². The predicted octanol–water partition coefficient (Wildman–Crippen LogP) is 1.91. The van der Waals surface area contributed by atoms with Crippen molar-refractivity contribution in [2.45, 2.75) is 25.3 Å². The number of hydrogen-bond donors (Lipinski definition) is 0. The Balaban J connectivity index is 3.51. The first kappa shape index (κ1) is 11.4. The summed E-state index contributed by atoms with van der Waals surface area (Å²) in [6, 6.07) is 0. The molecule has 0 aliphatic carbocycles. The SMILES string of the molecule is CO[SiH](OC)C(C)CCCCl. The van der Waals surface area contributed by atoms with Crippen LogP contribution < -0.4 is 0 Å². The lowest BCUT2D eigenvalue weighted by Crippen LogP contribution is -2.24. The Morgan fingerprint density at radius 2 is 1.91 bits per heavy atom. The van der Waals surface area contributed by atoms with Crippen molar-refractivity contribution in [3.63, 3.8) is 0 Å². The van der Waals surface area contributed by atoms with Gasteiger partial charge in [-0.25, -0.2) is 0 Å². The molecule has 0 N–H and O–H groups in total. The normalized spacial score (nSPS) is 13.9. The molecule has 68 valence electrons. The summed E-state index contributed by atoms with van der Waals surface area (Å²) in [6.45, 7) is 2.16. The highest BCUT2D eigenvalue weighted by molar-refractivity contribution is 6.46. The maximum absolute atomic E-state index is 5.57. The standard InChI is InChI=1S/C7H17ClO2Si/c1-7(5-4-6-8)11(9-2)10-3/h7,11H,4-6H2,1-3H3. The van der Waals surface area contributed by atoms with Crippen LogP contribution in [0.4, 0.5) is 0 Å². The average molecular weight is 197 g/mol. The van der Waals surface area contributed by atoms with Gasteiger partial charge in [0.25, 0.3) is 0 Å². The summed E-state index contributed by atoms with van der Waals surface area (Å²) >= 11 is 5.57. The van der Waals surface area contributed by atoms with Crippen molar-refractivity contribution in [3.8, 4) is 0 Å². The fraction of sp³-hybridized carbons (Fsp3) is 1.00. The minimum atomic E-state index is -1.38. The molecule has 0 aromatic carbocycles. The lowest BCUT2D eigenvalue weighted by molar-refractivity contribution is 0.265. The summed E-state index contributed by atoms with van der Waals surface area (Å²) in [4.78, 5) is 0. The molecule has 1 atom stereocenters. The van der Waals surface area contributed by atoms with Gasteiger partial charge >= 0.3 is 9.28 Å². The molecule has 1 unspecified atom stereocenters. The van der Waals surface area contributed by atoms with E-state index < -0.39 is 9.28 Å². The summed E-state index contributed by atoms with van der Waals surface area (Å²) in [5.74, 6) is 0.735. The van der Waals surface area contributed by atoms with Gasteiger partial charge in [-0.15, -0.1) is 11.6 Å². The molecular formula is C7H17ClO2Si. The van der Waals surface area contributed by atoms with Crippen LogP contribution in [-0.4, -0.2) is 29.4 Å². The van der Waals surface area contributed by atoms with Gasteiger partial charge in [-0.2, -0.15) is 0 Å². The highest BCUT2D eigenvalue weighted by Gasteiger charge is 2.18. The molecule has 0 aromatic heterocycles. The highest BCUT2D eigenvalue weighted by Crippen LogP contribution is 2.17. The minimum absolute atomic E-state index is 0.559. The average Bonchev–Trinajstić information content (AvgIpc) is 2.03. The number of rotatable bonds is 6. The van der Waals surface area contributed by atoms with Gasteiger partial charge in [0.15, 0.2) is 0 Å². The highest BCUT2D eigenvalue weighted by atomic mass is 35.5. The molecule has 0 rings (SSSR count). The van der Waals surface area contributed by atoms with Crippen LogP contribution in [-0.2, 0) is 8.85 Å². The third-order valence-corrected chi connectivity index (χ3v) is 4.18. The molecule has 0 spiro atoms. The van der Waals surface area contributed by atoms with Gasteiger partial charge in [0.05, 0.1) is 0 Å². The molecule has 0 amide bonds. The number of halogens is 1. The molecule has 0 heterocycles. The van der Waals surface area contributed by atoms with Crippen molar-refractivity contribution in [2.75, 3.05) is 20.1 Å². The Bertz CT molecular complexity index is 88.5. The second-order valence-corrected chi connectivity index (χ2v) is 5.84. The van der Waals surface area contributed by atoms with Gasteiger partial charge in [0, 0.05) is 20.1 Å². The van der Waals surface area contributed by atoms with E-state index in [1.165, 1.54) is 0 Å². The monoisotopic (exact) mass is 196 g/mol. The number of alkyl halides is 1. The first-order chi connectivity index (χ1) is 5.26. The Morgan fingerprint density at radius 3 is 2.27 bits per heavy atom. The summed E-state index contributed by atoms with van der Waals surface area (Å²) in [7, 11) is 2.06. The van der Waals surface area contributed by atoms with Gasteiger partial charge in [0.2, 0.25) is 0 Å². The Hall–Kier alpha value is 0.427. The molecule has 4 heteroatoms. The molecule has 0 saturated heterocycles. The van der Waals surface area contributed by atoms with Crippen molar-refractivity contribution in [1.29, 1.82) is 0 Å². The first-order valence-electron chi connectivity index (χ1n) is 3.87. The van der Waals surface area contributed by atoms with E-state index in [0.29, 0.717) is 5.54 Å². The van der Waals surface area contributed by atoms with E-state index in [1.807, 2.05) is 0 Å². The van der Waals surface area contributed by atoms with Crippen molar-refractivity contribution in [2.24, 2.45) is 0 Å². The molecular weight excluding hydrogens is 180 g/mol. The molecule has 0 saturated carbocycles. The fourth-order valence-electron chi connectivity index (χ4n) is 1.10. The molecule has 11 heavy (non-hydrogen) atoms. The molecule has 0 fully saturated rings. The van der Waals surface area contributed by atoms with Crippen LogP contribution in [0.5, 0.6) is 0 Å². The summed E-state index contributed by atoms with van der Waals surface area (Å²) in [5.41, 5.74) is 0.559. The molecule has 0 bridgehead atoms. The summed E-state index contributed by atoms with van der Waals surface area (Å²) in [5, 5.41) is 0. The second-order valence-electron chi connectivity index (χ2n) is 2.65. The summed E-state index contributed by atoms with van der Waals surface area (Å²) in [6.07, 6.45) is 2.17. The maximum atomic E-state index is 5.57. The van der Waals surface area contributed by atoms with Gasteiger partial charge in [-0.05, 0) is 18.4 Å². The van der Waals surface area contributed by atoms with Gasteiger partial charge in [-0.3, -0.25) is 0 Å². The largest absolute Gasteiger partial charge is 0.400 e. The van der Waals surface area contributed by atoms with E-state index in [9.17, 15) is 0 Å². The molecule has 2 nitrogen and oxygen atoms in total. The fourth-order valence-corrected chi connectivity index (χ4v) is 2.88. The smallest absolute Gasteiger partial charge is 0.323 e. The van der Waals surface area contributed by atoms with E-state index in [-0.39, 0.29) is 0 Å². The van der Waals surface area contributed by atoms with Gasteiger partial charge < -0.3 is 8.85 Å². The first-order valence-corrected chi connectivity index (χ1v) is 6.02. The van der Waals surface area contributed by atoms with Gasteiger partial charge in [-0.1, -0.05) is 6.92 Å². The zero-order chi connectivity index (χ0) is 8.69. The predicted molar refractivity (Wildman–Crippen MR) is 50.5 cm³/mol. The molecule has 0 aliphatic heterocycles. The van der Waals surface area contributed by atoms with Gasteiger partial charge in [0.1, 0.15) is 0 Å². The topological polar surface area (TPSA) is 18.5 Å². The zero-order valence-electron chi connectivity index (χ0n) is 7.47. The lowest BCUT2D eigenvalue weighted by Gasteiger charge is -2.17. The van der Waals surface area contributed by atoms with Crippen LogP contribution in [0, 0.1) is 0 Å². The van der Waals surface area contributed by atoms with Crippen molar-refractivity contribution >= 4 is 20.9 Å². The van der Waals surface area contributed by atoms with Crippen molar-refractivity contribution < 1.29 is 8.85 Å². The van der Waals surface area contributed by atoms with E-state index in [1.54, 1.807) is 14.2 Å². The van der Waals surface area contributed by atoms with Crippen molar-refractivity contribution in [3.05, 3.63) is 0 Å². The quantitative estimate of drug-likeness (QED) is 0.478. The molecule has 0 radical (unpaired) electrons. The lowest BCUT2D eigenvalue weighted by atomic mass is 10.3. The van der Waals surface area contributed by atoms with Crippen LogP contribution in [0.2, 0.25) is 5.54 Å². The van der Waals surface area contributed by atoms with E-state index in [4.69, 9.17) is 20.5 Å².